The van der Waals surface area contributed by atoms with Gasteiger partial charge < -0.3 is 15.0 Å². The molecule has 5 aromatic carbocycles. The molecule has 0 saturated heterocycles. The summed E-state index contributed by atoms with van der Waals surface area (Å²) in [6, 6.07) is 35.3. The first-order chi connectivity index (χ1) is 24.9. The zero-order valence-corrected chi connectivity index (χ0v) is 31.5. The average molecular weight is 759 g/mol. The quantitative estimate of drug-likeness (QED) is 0.115. The van der Waals surface area contributed by atoms with Gasteiger partial charge in [-0.1, -0.05) is 102 Å². The van der Waals surface area contributed by atoms with Crippen LogP contribution in [-0.4, -0.2) is 43.8 Å². The van der Waals surface area contributed by atoms with Crippen LogP contribution in [0.1, 0.15) is 37.0 Å². The van der Waals surface area contributed by atoms with Gasteiger partial charge in [0.1, 0.15) is 24.1 Å². The molecule has 0 heterocycles. The molecule has 52 heavy (non-hydrogen) atoms. The molecule has 0 aliphatic heterocycles. The predicted molar refractivity (Wildman–Crippen MR) is 208 cm³/mol. The maximum Gasteiger partial charge on any atom is 0.264 e. The maximum atomic E-state index is 14.8. The lowest BCUT2D eigenvalue weighted by Gasteiger charge is -2.34. The van der Waals surface area contributed by atoms with Gasteiger partial charge in [-0.15, -0.1) is 0 Å². The highest BCUT2D eigenvalue weighted by Gasteiger charge is 2.35. The van der Waals surface area contributed by atoms with E-state index < -0.39 is 28.5 Å². The molecule has 0 bridgehead atoms. The number of ether oxygens (including phenoxy) is 1. The fourth-order valence-electron chi connectivity index (χ4n) is 5.50. The third-order valence-electron chi connectivity index (χ3n) is 8.60. The van der Waals surface area contributed by atoms with E-state index in [-0.39, 0.29) is 40.5 Å². The Morgan fingerprint density at radius 2 is 1.38 bits per heavy atom. The van der Waals surface area contributed by atoms with E-state index in [2.05, 4.69) is 5.32 Å². The summed E-state index contributed by atoms with van der Waals surface area (Å²) in [5.74, 6) is 0.154. The molecular formula is C41H41Cl2N3O5S. The van der Waals surface area contributed by atoms with Gasteiger partial charge in [0.15, 0.2) is 0 Å². The number of sulfonamides is 1. The molecule has 0 radical (unpaired) electrons. The Bertz CT molecular complexity index is 2060. The highest BCUT2D eigenvalue weighted by Crippen LogP contribution is 2.30. The number of hydrogen-bond acceptors (Lipinski definition) is 5. The van der Waals surface area contributed by atoms with Gasteiger partial charge >= 0.3 is 0 Å². The van der Waals surface area contributed by atoms with Gasteiger partial charge in [-0.2, -0.15) is 0 Å². The highest BCUT2D eigenvalue weighted by molar-refractivity contribution is 7.92. The predicted octanol–water partition coefficient (Wildman–Crippen LogP) is 8.84. The van der Waals surface area contributed by atoms with Crippen molar-refractivity contribution in [2.24, 2.45) is 0 Å². The minimum Gasteiger partial charge on any atom is -0.457 e. The SMILES string of the molecule is CCC(C)NC(=O)C(Cc1ccccc1)N(Cc1ccc(Cl)c(Cl)c1)C(=O)CN(c1ccc(Oc2ccccc2)cc1)S(=O)(=O)c1ccc(C)cc1. The van der Waals surface area contributed by atoms with Gasteiger partial charge in [0, 0.05) is 19.0 Å². The number of carbonyl (C=O) groups excluding carboxylic acids is 2. The summed E-state index contributed by atoms with van der Waals surface area (Å²) in [6.07, 6.45) is 0.865. The van der Waals surface area contributed by atoms with E-state index in [0.717, 1.165) is 15.4 Å². The molecule has 11 heteroatoms. The molecule has 1 N–H and O–H groups in total. The van der Waals surface area contributed by atoms with Gasteiger partial charge in [0.25, 0.3) is 10.0 Å². The van der Waals surface area contributed by atoms with E-state index >= 15 is 0 Å². The number of amides is 2. The molecule has 5 aromatic rings. The zero-order chi connectivity index (χ0) is 37.3. The molecule has 0 saturated carbocycles. The minimum atomic E-state index is -4.28. The largest absolute Gasteiger partial charge is 0.457 e. The number of nitrogens with zero attached hydrogens (tertiary/aromatic N) is 2. The van der Waals surface area contributed by atoms with Crippen LogP contribution in [0.15, 0.2) is 132 Å². The van der Waals surface area contributed by atoms with E-state index in [1.165, 1.54) is 17.0 Å². The first kappa shape index (κ1) is 38.4. The van der Waals surface area contributed by atoms with Crippen molar-refractivity contribution in [3.63, 3.8) is 0 Å². The molecule has 2 unspecified atom stereocenters. The third-order valence-corrected chi connectivity index (χ3v) is 11.1. The molecular weight excluding hydrogens is 717 g/mol. The Hall–Kier alpha value is -4.83. The van der Waals surface area contributed by atoms with Crippen molar-refractivity contribution in [3.05, 3.63) is 154 Å². The standard InChI is InChI=1S/C41H41Cl2N3O5S/c1-4-30(3)44-41(48)39(26-31-11-7-5-8-12-31)45(27-32-17-24-37(42)38(43)25-32)40(47)28-46(52(49,50)36-22-15-29(2)16-23-36)33-18-20-35(21-19-33)51-34-13-9-6-10-14-34/h5-25,30,39H,4,26-28H2,1-3H3,(H,44,48). The van der Waals surface area contributed by atoms with E-state index in [4.69, 9.17) is 27.9 Å². The summed E-state index contributed by atoms with van der Waals surface area (Å²) < 4.78 is 35.8. The Morgan fingerprint density at radius 3 is 2.00 bits per heavy atom. The Kier molecular flexibility index (Phi) is 13.0. The van der Waals surface area contributed by atoms with Crippen LogP contribution in [0.3, 0.4) is 0 Å². The molecule has 0 aliphatic carbocycles. The summed E-state index contributed by atoms with van der Waals surface area (Å²) in [7, 11) is -4.28. The van der Waals surface area contributed by atoms with Crippen molar-refractivity contribution in [2.75, 3.05) is 10.8 Å². The number of carbonyl (C=O) groups is 2. The van der Waals surface area contributed by atoms with Crippen molar-refractivity contribution >= 4 is 50.7 Å². The average Bonchev–Trinajstić information content (AvgIpc) is 3.14. The van der Waals surface area contributed by atoms with E-state index in [9.17, 15) is 18.0 Å². The number of rotatable bonds is 15. The third kappa shape index (κ3) is 9.94. The zero-order valence-electron chi connectivity index (χ0n) is 29.2. The Morgan fingerprint density at radius 1 is 0.769 bits per heavy atom. The summed E-state index contributed by atoms with van der Waals surface area (Å²) in [6.45, 7) is 5.08. The molecule has 8 nitrogen and oxygen atoms in total. The van der Waals surface area contributed by atoms with Crippen LogP contribution in [-0.2, 0) is 32.6 Å². The second kappa shape index (κ2) is 17.6. The molecule has 2 amide bonds. The monoisotopic (exact) mass is 757 g/mol. The number of para-hydroxylation sites is 1. The van der Waals surface area contributed by atoms with Gasteiger partial charge in [-0.3, -0.25) is 13.9 Å². The highest BCUT2D eigenvalue weighted by atomic mass is 35.5. The summed E-state index contributed by atoms with van der Waals surface area (Å²) in [5, 5.41) is 3.67. The lowest BCUT2D eigenvalue weighted by molar-refractivity contribution is -0.140. The van der Waals surface area contributed by atoms with Crippen molar-refractivity contribution in [1.29, 1.82) is 0 Å². The van der Waals surface area contributed by atoms with Crippen LogP contribution < -0.4 is 14.4 Å². The number of hydrogen-bond donors (Lipinski definition) is 1. The number of nitrogens with one attached hydrogen (secondary N) is 1. The van der Waals surface area contributed by atoms with Crippen LogP contribution in [0.25, 0.3) is 0 Å². The topological polar surface area (TPSA) is 96.0 Å². The van der Waals surface area contributed by atoms with Crippen molar-refractivity contribution in [3.8, 4) is 11.5 Å². The van der Waals surface area contributed by atoms with Crippen LogP contribution >= 0.6 is 23.2 Å². The van der Waals surface area contributed by atoms with Crippen LogP contribution in [0.5, 0.6) is 11.5 Å². The second-order valence-corrected chi connectivity index (χ2v) is 15.2. The van der Waals surface area contributed by atoms with Gasteiger partial charge in [0.2, 0.25) is 11.8 Å². The summed E-state index contributed by atoms with van der Waals surface area (Å²) in [5.41, 5.74) is 2.57. The first-order valence-corrected chi connectivity index (χ1v) is 19.1. The van der Waals surface area contributed by atoms with Crippen LogP contribution in [0, 0.1) is 6.92 Å². The Labute approximate surface area is 316 Å². The number of aryl methyl sites for hydroxylation is 1. The fourth-order valence-corrected chi connectivity index (χ4v) is 7.24. The van der Waals surface area contributed by atoms with E-state index in [1.807, 2.05) is 81.4 Å². The van der Waals surface area contributed by atoms with Crippen LogP contribution in [0.4, 0.5) is 5.69 Å². The van der Waals surface area contributed by atoms with E-state index in [0.29, 0.717) is 28.5 Å². The Balaban J connectivity index is 1.57. The van der Waals surface area contributed by atoms with E-state index in [1.54, 1.807) is 54.6 Å². The first-order valence-electron chi connectivity index (χ1n) is 16.9. The molecule has 2 atom stereocenters. The fraction of sp³-hybridized carbons (Fsp3) is 0.220. The molecule has 270 valence electrons. The molecule has 0 aliphatic rings. The molecule has 0 aromatic heterocycles. The molecule has 0 fully saturated rings. The lowest BCUT2D eigenvalue weighted by Crippen LogP contribution is -2.54. The second-order valence-electron chi connectivity index (χ2n) is 12.5. The van der Waals surface area contributed by atoms with Crippen molar-refractivity contribution in [1.82, 2.24) is 10.2 Å². The lowest BCUT2D eigenvalue weighted by atomic mass is 10.0. The maximum absolute atomic E-state index is 14.8. The number of halogens is 2. The van der Waals surface area contributed by atoms with Gasteiger partial charge in [-0.25, -0.2) is 8.42 Å². The van der Waals surface area contributed by atoms with Gasteiger partial charge in [0.05, 0.1) is 20.6 Å². The smallest absolute Gasteiger partial charge is 0.264 e. The summed E-state index contributed by atoms with van der Waals surface area (Å²) in [4.78, 5) is 30.3. The summed E-state index contributed by atoms with van der Waals surface area (Å²) >= 11 is 12.6. The van der Waals surface area contributed by atoms with Crippen molar-refractivity contribution < 1.29 is 22.7 Å². The van der Waals surface area contributed by atoms with Gasteiger partial charge in [-0.05, 0) is 92.1 Å². The number of anilines is 1. The minimum absolute atomic E-state index is 0.0156. The van der Waals surface area contributed by atoms with Crippen LogP contribution in [0.2, 0.25) is 10.0 Å². The number of benzene rings is 5. The molecule has 5 rings (SSSR count). The van der Waals surface area contributed by atoms with Crippen molar-refractivity contribution in [2.45, 2.75) is 57.1 Å². The normalized spacial score (nSPS) is 12.4. The molecule has 0 spiro atoms.